The molecule has 1 aliphatic rings. The van der Waals surface area contributed by atoms with Gasteiger partial charge in [0, 0.05) is 29.4 Å². The fourth-order valence-electron chi connectivity index (χ4n) is 2.99. The van der Waals surface area contributed by atoms with Gasteiger partial charge < -0.3 is 10.4 Å². The molecule has 0 aliphatic heterocycles. The molecule has 5 nitrogen and oxygen atoms in total. The lowest BCUT2D eigenvalue weighted by Crippen LogP contribution is -2.16. The molecule has 0 spiro atoms. The minimum absolute atomic E-state index is 0.423. The van der Waals surface area contributed by atoms with Gasteiger partial charge in [0.2, 0.25) is 0 Å². The van der Waals surface area contributed by atoms with E-state index in [4.69, 9.17) is 9.97 Å². The molecular formula is C17H18N4OS. The second-order valence-corrected chi connectivity index (χ2v) is 6.99. The van der Waals surface area contributed by atoms with Gasteiger partial charge in [-0.3, -0.25) is 4.98 Å². The molecule has 0 saturated carbocycles. The average Bonchev–Trinajstić information content (AvgIpc) is 3.13. The van der Waals surface area contributed by atoms with E-state index in [9.17, 15) is 5.11 Å². The van der Waals surface area contributed by atoms with E-state index in [0.717, 1.165) is 34.4 Å². The van der Waals surface area contributed by atoms with Crippen molar-refractivity contribution in [2.24, 2.45) is 0 Å². The van der Waals surface area contributed by atoms with E-state index >= 15 is 0 Å². The second-order valence-electron chi connectivity index (χ2n) is 5.90. The molecule has 23 heavy (non-hydrogen) atoms. The number of hydrogen-bond donors (Lipinski definition) is 2. The normalized spacial score (nSPS) is 14.9. The molecular weight excluding hydrogens is 308 g/mol. The maximum absolute atomic E-state index is 9.60. The van der Waals surface area contributed by atoms with Crippen molar-refractivity contribution < 1.29 is 5.11 Å². The molecule has 1 atom stereocenters. The first-order valence-electron chi connectivity index (χ1n) is 7.87. The highest BCUT2D eigenvalue weighted by molar-refractivity contribution is 7.19. The Kier molecular flexibility index (Phi) is 3.71. The van der Waals surface area contributed by atoms with Crippen molar-refractivity contribution in [2.75, 3.05) is 11.9 Å². The van der Waals surface area contributed by atoms with Crippen LogP contribution in [0.15, 0.2) is 24.5 Å². The molecule has 2 N–H and O–H groups in total. The summed E-state index contributed by atoms with van der Waals surface area (Å²) in [6.07, 6.45) is 6.53. The number of aliphatic hydroxyl groups excluding tert-OH is 1. The lowest BCUT2D eigenvalue weighted by molar-refractivity contribution is 0.208. The predicted octanol–water partition coefficient (Wildman–Crippen LogP) is 3.03. The van der Waals surface area contributed by atoms with E-state index in [0.29, 0.717) is 12.4 Å². The Morgan fingerprint density at radius 3 is 3.04 bits per heavy atom. The van der Waals surface area contributed by atoms with Crippen molar-refractivity contribution in [3.63, 3.8) is 0 Å². The van der Waals surface area contributed by atoms with E-state index in [-0.39, 0.29) is 0 Å². The smallest absolute Gasteiger partial charge is 0.164 e. The number of anilines is 1. The van der Waals surface area contributed by atoms with Crippen molar-refractivity contribution in [1.82, 2.24) is 15.0 Å². The molecule has 3 aromatic heterocycles. The van der Waals surface area contributed by atoms with E-state index in [1.165, 1.54) is 16.9 Å². The molecule has 4 rings (SSSR count). The molecule has 0 unspecified atom stereocenters. The molecule has 0 radical (unpaired) electrons. The Hall–Kier alpha value is -2.05. The van der Waals surface area contributed by atoms with Crippen LogP contribution in [0.2, 0.25) is 0 Å². The van der Waals surface area contributed by atoms with Gasteiger partial charge >= 0.3 is 0 Å². The third-order valence-electron chi connectivity index (χ3n) is 4.05. The summed E-state index contributed by atoms with van der Waals surface area (Å²) in [5.41, 5.74) is 2.29. The molecule has 0 bridgehead atoms. The van der Waals surface area contributed by atoms with Crippen LogP contribution in [0.25, 0.3) is 21.6 Å². The fraction of sp³-hybridized carbons (Fsp3) is 0.353. The number of thiophene rings is 1. The van der Waals surface area contributed by atoms with Crippen LogP contribution in [0, 0.1) is 0 Å². The Morgan fingerprint density at radius 2 is 2.26 bits per heavy atom. The Morgan fingerprint density at radius 1 is 1.35 bits per heavy atom. The van der Waals surface area contributed by atoms with Crippen molar-refractivity contribution >= 4 is 27.4 Å². The van der Waals surface area contributed by atoms with Crippen molar-refractivity contribution in [1.29, 1.82) is 0 Å². The summed E-state index contributed by atoms with van der Waals surface area (Å²) in [5.74, 6) is 1.51. The third-order valence-corrected chi connectivity index (χ3v) is 5.24. The Labute approximate surface area is 138 Å². The summed E-state index contributed by atoms with van der Waals surface area (Å²) in [7, 11) is 0. The minimum atomic E-state index is -0.423. The topological polar surface area (TPSA) is 70.9 Å². The zero-order chi connectivity index (χ0) is 15.8. The van der Waals surface area contributed by atoms with Crippen LogP contribution < -0.4 is 5.32 Å². The molecule has 0 saturated heterocycles. The van der Waals surface area contributed by atoms with E-state index in [2.05, 4.69) is 10.3 Å². The molecule has 3 heterocycles. The molecule has 0 aromatic carbocycles. The van der Waals surface area contributed by atoms with Gasteiger partial charge in [-0.15, -0.1) is 11.3 Å². The molecule has 0 fully saturated rings. The van der Waals surface area contributed by atoms with Gasteiger partial charge in [-0.05, 0) is 43.9 Å². The highest BCUT2D eigenvalue weighted by Crippen LogP contribution is 2.40. The zero-order valence-corrected chi connectivity index (χ0v) is 13.7. The van der Waals surface area contributed by atoms with Gasteiger partial charge in [0.25, 0.3) is 0 Å². The van der Waals surface area contributed by atoms with Crippen LogP contribution in [-0.2, 0) is 12.8 Å². The van der Waals surface area contributed by atoms with Gasteiger partial charge in [0.1, 0.15) is 10.6 Å². The van der Waals surface area contributed by atoms with Crippen molar-refractivity contribution in [2.45, 2.75) is 32.3 Å². The summed E-state index contributed by atoms with van der Waals surface area (Å²) in [6.45, 7) is 2.24. The number of aromatic nitrogens is 3. The molecule has 3 aromatic rings. The van der Waals surface area contributed by atoms with Gasteiger partial charge in [-0.1, -0.05) is 0 Å². The summed E-state index contributed by atoms with van der Waals surface area (Å²) < 4.78 is 0. The Balaban J connectivity index is 1.87. The van der Waals surface area contributed by atoms with Crippen LogP contribution in [0.5, 0.6) is 0 Å². The van der Waals surface area contributed by atoms with Crippen LogP contribution >= 0.6 is 11.3 Å². The number of nitrogens with zero attached hydrogens (tertiary/aromatic N) is 3. The van der Waals surface area contributed by atoms with E-state index in [1.807, 2.05) is 12.1 Å². The zero-order valence-electron chi connectivity index (χ0n) is 12.9. The van der Waals surface area contributed by atoms with Crippen molar-refractivity contribution in [3.8, 4) is 11.4 Å². The molecule has 0 amide bonds. The van der Waals surface area contributed by atoms with Crippen molar-refractivity contribution in [3.05, 3.63) is 35.0 Å². The molecule has 118 valence electrons. The lowest BCUT2D eigenvalue weighted by Gasteiger charge is -2.11. The molecule has 1 aliphatic carbocycles. The summed E-state index contributed by atoms with van der Waals surface area (Å²) in [5, 5.41) is 14.0. The van der Waals surface area contributed by atoms with Crippen LogP contribution in [-0.4, -0.2) is 32.7 Å². The third kappa shape index (κ3) is 2.68. The Bertz CT molecular complexity index is 845. The second kappa shape index (κ2) is 5.86. The first-order chi connectivity index (χ1) is 11.2. The van der Waals surface area contributed by atoms with Gasteiger partial charge in [0.15, 0.2) is 5.82 Å². The summed E-state index contributed by atoms with van der Waals surface area (Å²) in [6, 6.07) is 3.86. The highest BCUT2D eigenvalue weighted by Gasteiger charge is 2.22. The number of fused-ring (bicyclic) bond motifs is 3. The summed E-state index contributed by atoms with van der Waals surface area (Å²) >= 11 is 1.77. The highest BCUT2D eigenvalue weighted by atomic mass is 32.1. The maximum atomic E-state index is 9.60. The number of rotatable bonds is 4. The van der Waals surface area contributed by atoms with Crippen LogP contribution in [0.1, 0.15) is 23.8 Å². The number of pyridine rings is 1. The van der Waals surface area contributed by atoms with E-state index in [1.54, 1.807) is 30.7 Å². The fourth-order valence-corrected chi connectivity index (χ4v) is 4.25. The average molecular weight is 326 g/mol. The standard InChI is InChI=1S/C17H18N4OS/c1-10(22)8-19-16-14-12-5-2-6-13(12)23-17(14)21-15(20-16)11-4-3-7-18-9-11/h3-4,7,9-10,22H,2,5-6,8H2,1H3,(H,19,20,21)/t10-/m0/s1. The number of hydrogen-bond acceptors (Lipinski definition) is 6. The van der Waals surface area contributed by atoms with Gasteiger partial charge in [-0.2, -0.15) is 0 Å². The SMILES string of the molecule is C[C@H](O)CNc1nc(-c2cccnc2)nc2sc3c(c12)CCC3. The largest absolute Gasteiger partial charge is 0.392 e. The van der Waals surface area contributed by atoms with Crippen LogP contribution in [0.3, 0.4) is 0 Å². The van der Waals surface area contributed by atoms with E-state index < -0.39 is 6.10 Å². The predicted molar refractivity (Wildman–Crippen MR) is 92.8 cm³/mol. The first kappa shape index (κ1) is 14.5. The lowest BCUT2D eigenvalue weighted by atomic mass is 10.1. The number of nitrogens with one attached hydrogen (secondary N) is 1. The number of aryl methyl sites for hydroxylation is 2. The number of aliphatic hydroxyl groups is 1. The molecule has 6 heteroatoms. The summed E-state index contributed by atoms with van der Waals surface area (Å²) in [4.78, 5) is 16.1. The first-order valence-corrected chi connectivity index (χ1v) is 8.68. The monoisotopic (exact) mass is 326 g/mol. The maximum Gasteiger partial charge on any atom is 0.164 e. The quantitative estimate of drug-likeness (QED) is 0.771. The minimum Gasteiger partial charge on any atom is -0.392 e. The van der Waals surface area contributed by atoms with Gasteiger partial charge in [-0.25, -0.2) is 9.97 Å². The van der Waals surface area contributed by atoms with Crippen LogP contribution in [0.4, 0.5) is 5.82 Å². The van der Waals surface area contributed by atoms with Gasteiger partial charge in [0.05, 0.1) is 11.5 Å².